The first kappa shape index (κ1) is 19.9. The maximum Gasteiger partial charge on any atom is 0.313 e. The highest BCUT2D eigenvalue weighted by Crippen LogP contribution is 2.49. The minimum Gasteiger partial charge on any atom is -0.460 e. The van der Waals surface area contributed by atoms with Crippen LogP contribution < -0.4 is 11.3 Å². The van der Waals surface area contributed by atoms with Gasteiger partial charge in [0.15, 0.2) is 0 Å². The number of esters is 1. The molecule has 2 N–H and O–H groups in total. The summed E-state index contributed by atoms with van der Waals surface area (Å²) in [4.78, 5) is 25.8. The molecule has 5 nitrogen and oxygen atoms in total. The smallest absolute Gasteiger partial charge is 0.313 e. The molecule has 0 fully saturated rings. The molecule has 0 saturated heterocycles. The Morgan fingerprint density at radius 1 is 1.19 bits per heavy atom. The Bertz CT molecular complexity index is 1290. The van der Waals surface area contributed by atoms with E-state index in [9.17, 15) is 14.0 Å². The molecule has 166 valence electrons. The van der Waals surface area contributed by atoms with Crippen LogP contribution in [0.4, 0.5) is 4.39 Å². The van der Waals surface area contributed by atoms with Gasteiger partial charge in [-0.3, -0.25) is 9.59 Å². The van der Waals surface area contributed by atoms with Gasteiger partial charge in [0.1, 0.15) is 12.4 Å². The van der Waals surface area contributed by atoms with Crippen LogP contribution in [0.2, 0.25) is 0 Å². The number of carbonyl (C=O) groups is 1. The van der Waals surface area contributed by atoms with Crippen molar-refractivity contribution in [2.75, 3.05) is 0 Å². The number of fused-ring (bicyclic) bond motifs is 4. The number of aromatic nitrogens is 1. The monoisotopic (exact) mass is 434 g/mol. The fourth-order valence-electron chi connectivity index (χ4n) is 6.48. The van der Waals surface area contributed by atoms with E-state index in [1.54, 1.807) is 6.07 Å². The van der Waals surface area contributed by atoms with Gasteiger partial charge in [-0.15, -0.1) is 0 Å². The van der Waals surface area contributed by atoms with Crippen molar-refractivity contribution in [1.82, 2.24) is 4.57 Å². The van der Waals surface area contributed by atoms with Gasteiger partial charge >= 0.3 is 5.97 Å². The Morgan fingerprint density at radius 3 is 2.78 bits per heavy atom. The lowest BCUT2D eigenvalue weighted by atomic mass is 9.77. The van der Waals surface area contributed by atoms with Gasteiger partial charge in [-0.05, 0) is 90.1 Å². The topological polar surface area (TPSA) is 74.3 Å². The summed E-state index contributed by atoms with van der Waals surface area (Å²) in [7, 11) is 0. The van der Waals surface area contributed by atoms with E-state index in [4.69, 9.17) is 10.5 Å². The van der Waals surface area contributed by atoms with Gasteiger partial charge in [0.25, 0.3) is 5.56 Å². The van der Waals surface area contributed by atoms with E-state index in [0.29, 0.717) is 18.5 Å². The summed E-state index contributed by atoms with van der Waals surface area (Å²) in [5.41, 5.74) is 15.3. The molecule has 2 aromatic rings. The van der Waals surface area contributed by atoms with E-state index in [1.165, 1.54) is 5.57 Å². The Kier molecular flexibility index (Phi) is 4.28. The molecule has 0 radical (unpaired) electrons. The molecule has 2 aliphatic heterocycles. The van der Waals surface area contributed by atoms with Crippen LogP contribution in [0, 0.1) is 12.7 Å². The van der Waals surface area contributed by atoms with Crippen molar-refractivity contribution in [2.24, 2.45) is 5.73 Å². The lowest BCUT2D eigenvalue weighted by Gasteiger charge is -2.30. The van der Waals surface area contributed by atoms with Crippen molar-refractivity contribution >= 4 is 11.5 Å². The molecule has 6 heteroatoms. The predicted octanol–water partition coefficient (Wildman–Crippen LogP) is 3.62. The maximum atomic E-state index is 14.7. The number of nitrogens with zero attached hydrogens (tertiary/aromatic N) is 1. The van der Waals surface area contributed by atoms with Crippen molar-refractivity contribution in [2.45, 2.75) is 77.0 Å². The zero-order chi connectivity index (χ0) is 22.3. The average Bonchev–Trinajstić information content (AvgIpc) is 3.05. The minimum absolute atomic E-state index is 0.0469. The molecule has 2 aliphatic carbocycles. The molecule has 0 amide bonds. The molecular weight excluding hydrogens is 407 g/mol. The summed E-state index contributed by atoms with van der Waals surface area (Å²) in [5, 5.41) is 0. The zero-order valence-corrected chi connectivity index (χ0v) is 18.5. The van der Waals surface area contributed by atoms with E-state index in [0.717, 1.165) is 64.8 Å². The van der Waals surface area contributed by atoms with Gasteiger partial charge in [0.05, 0.1) is 11.5 Å². The lowest BCUT2D eigenvalue weighted by molar-refractivity contribution is -0.148. The number of allylic oxidation sites excluding steroid dienone is 1. The van der Waals surface area contributed by atoms with E-state index >= 15 is 0 Å². The highest BCUT2D eigenvalue weighted by atomic mass is 19.1. The summed E-state index contributed by atoms with van der Waals surface area (Å²) in [5.74, 6) is -0.719. The second-order valence-corrected chi connectivity index (χ2v) is 9.63. The SMILES string of the molecule is CCC1C(=O)OCc2c1cc1n(c2=O)CC2=C3c4c(cc(F)c(C)c4CC[C@@H]3N)CCC21. The summed E-state index contributed by atoms with van der Waals surface area (Å²) in [6.07, 6.45) is 3.72. The first-order valence-electron chi connectivity index (χ1n) is 11.6. The molecule has 6 rings (SSSR count). The normalized spacial score (nSPS) is 25.5. The van der Waals surface area contributed by atoms with Crippen LogP contribution in [0.5, 0.6) is 0 Å². The number of rotatable bonds is 1. The number of hydrogen-bond donors (Lipinski definition) is 1. The number of hydrogen-bond acceptors (Lipinski definition) is 4. The lowest BCUT2D eigenvalue weighted by Crippen LogP contribution is -2.33. The van der Waals surface area contributed by atoms with Crippen LogP contribution in [0.1, 0.15) is 77.1 Å². The quantitative estimate of drug-likeness (QED) is 0.696. The molecule has 0 bridgehead atoms. The largest absolute Gasteiger partial charge is 0.460 e. The molecule has 4 aliphatic rings. The van der Waals surface area contributed by atoms with Gasteiger partial charge in [-0.1, -0.05) is 6.92 Å². The van der Waals surface area contributed by atoms with Crippen LogP contribution in [0.25, 0.3) is 5.57 Å². The summed E-state index contributed by atoms with van der Waals surface area (Å²) in [6, 6.07) is 3.65. The fourth-order valence-corrected chi connectivity index (χ4v) is 6.48. The van der Waals surface area contributed by atoms with E-state index in [1.807, 2.05) is 18.4 Å². The second-order valence-electron chi connectivity index (χ2n) is 9.63. The number of ether oxygens (including phenoxy) is 1. The van der Waals surface area contributed by atoms with Gasteiger partial charge in [0.2, 0.25) is 0 Å². The van der Waals surface area contributed by atoms with Gasteiger partial charge < -0.3 is 15.0 Å². The summed E-state index contributed by atoms with van der Waals surface area (Å²) >= 11 is 0. The van der Waals surface area contributed by atoms with Gasteiger partial charge in [0, 0.05) is 24.2 Å². The van der Waals surface area contributed by atoms with Crippen LogP contribution in [0.3, 0.4) is 0 Å². The molecular formula is C26H27FN2O3. The van der Waals surface area contributed by atoms with Crippen molar-refractivity contribution in [3.8, 4) is 0 Å². The predicted molar refractivity (Wildman–Crippen MR) is 119 cm³/mol. The number of nitrogens with two attached hydrogens (primary N) is 1. The van der Waals surface area contributed by atoms with Crippen molar-refractivity contribution in [1.29, 1.82) is 0 Å². The standard InChI is InChI=1S/C26H27FN2O3/c1-3-14-17-9-22-16-5-4-13-8-20(27)12(2)15-6-7-21(28)24(23(13)15)18(16)10-29(22)25(30)19(17)11-32-26(14)31/h8-9,14,16,21H,3-7,10-11,28H2,1-2H3/t14?,16?,21-/m0/s1. The zero-order valence-electron chi connectivity index (χ0n) is 18.5. The molecule has 32 heavy (non-hydrogen) atoms. The van der Waals surface area contributed by atoms with Crippen LogP contribution in [0.15, 0.2) is 22.5 Å². The van der Waals surface area contributed by atoms with Crippen LogP contribution in [-0.2, 0) is 35.5 Å². The maximum absolute atomic E-state index is 14.7. The number of pyridine rings is 1. The van der Waals surface area contributed by atoms with Crippen molar-refractivity contribution in [3.05, 3.63) is 73.0 Å². The average molecular weight is 435 g/mol. The number of halogens is 1. The minimum atomic E-state index is -0.391. The number of cyclic esters (lactones) is 1. The first-order valence-corrected chi connectivity index (χ1v) is 11.6. The fraction of sp³-hybridized carbons (Fsp3) is 0.462. The first-order chi connectivity index (χ1) is 15.4. The molecule has 2 unspecified atom stereocenters. The second kappa shape index (κ2) is 6.88. The third-order valence-electron chi connectivity index (χ3n) is 8.13. The number of aryl methyl sites for hydroxylation is 1. The molecule has 1 aromatic carbocycles. The van der Waals surface area contributed by atoms with Crippen molar-refractivity contribution in [3.63, 3.8) is 0 Å². The Hall–Kier alpha value is -2.73. The number of carbonyl (C=O) groups excluding carboxylic acids is 1. The van der Waals surface area contributed by atoms with Crippen LogP contribution in [-0.4, -0.2) is 16.6 Å². The third kappa shape index (κ3) is 2.53. The van der Waals surface area contributed by atoms with E-state index < -0.39 is 5.92 Å². The van der Waals surface area contributed by atoms with Crippen LogP contribution >= 0.6 is 0 Å². The highest BCUT2D eigenvalue weighted by molar-refractivity contribution is 5.82. The van der Waals surface area contributed by atoms with Gasteiger partial charge in [-0.2, -0.15) is 0 Å². The van der Waals surface area contributed by atoms with E-state index in [-0.39, 0.29) is 35.9 Å². The molecule has 1 aromatic heterocycles. The molecule has 3 heterocycles. The van der Waals surface area contributed by atoms with Gasteiger partial charge in [-0.25, -0.2) is 4.39 Å². The Balaban J connectivity index is 1.59. The molecule has 0 spiro atoms. The van der Waals surface area contributed by atoms with Crippen molar-refractivity contribution < 1.29 is 13.9 Å². The third-order valence-corrected chi connectivity index (χ3v) is 8.13. The molecule has 3 atom stereocenters. The highest BCUT2D eigenvalue weighted by Gasteiger charge is 2.40. The number of benzene rings is 1. The molecule has 0 saturated carbocycles. The Labute approximate surface area is 186 Å². The Morgan fingerprint density at radius 2 is 2.00 bits per heavy atom. The summed E-state index contributed by atoms with van der Waals surface area (Å²) in [6.45, 7) is 4.36. The summed E-state index contributed by atoms with van der Waals surface area (Å²) < 4.78 is 21.9. The van der Waals surface area contributed by atoms with E-state index in [2.05, 4.69) is 6.07 Å².